The molecule has 1 fully saturated rings. The van der Waals surface area contributed by atoms with E-state index < -0.39 is 35.3 Å². The Balaban J connectivity index is 1.85. The quantitative estimate of drug-likeness (QED) is 0.492. The zero-order valence-electron chi connectivity index (χ0n) is 23.7. The first-order valence-electron chi connectivity index (χ1n) is 13.3. The number of hydrogen-bond donors (Lipinski definition) is 1. The number of hydrogen-bond acceptors (Lipinski definition) is 6. The fraction of sp³-hybridized carbons (Fsp3) is 0.567. The molecule has 3 rings (SSSR count). The van der Waals surface area contributed by atoms with Crippen molar-refractivity contribution in [1.82, 2.24) is 10.2 Å². The molecule has 2 amide bonds. The molecule has 1 N–H and O–H groups in total. The maximum atomic E-state index is 13.9. The summed E-state index contributed by atoms with van der Waals surface area (Å²) in [5, 5.41) is 2.74. The van der Waals surface area contributed by atoms with Gasteiger partial charge in [0.1, 0.15) is 17.7 Å². The molecule has 0 bridgehead atoms. The van der Waals surface area contributed by atoms with Gasteiger partial charge in [0.2, 0.25) is 5.91 Å². The van der Waals surface area contributed by atoms with Crippen LogP contribution in [0.5, 0.6) is 0 Å². The van der Waals surface area contributed by atoms with Gasteiger partial charge in [-0.1, -0.05) is 62.4 Å². The molecule has 0 aromatic heterocycles. The third-order valence-electron chi connectivity index (χ3n) is 7.09. The number of likely N-dealkylation sites (tertiary alicyclic amines) is 1. The van der Waals surface area contributed by atoms with Crippen molar-refractivity contribution >= 4 is 23.5 Å². The number of nitrogens with one attached hydrogen (secondary N) is 1. The van der Waals surface area contributed by atoms with Crippen LogP contribution in [0.2, 0.25) is 0 Å². The number of benzene rings is 1. The van der Waals surface area contributed by atoms with Crippen LogP contribution in [0.15, 0.2) is 48.6 Å². The zero-order chi connectivity index (χ0) is 28.1. The molecule has 1 unspecified atom stereocenters. The van der Waals surface area contributed by atoms with Gasteiger partial charge >= 0.3 is 12.1 Å². The Kier molecular flexibility index (Phi) is 9.41. The van der Waals surface area contributed by atoms with Crippen LogP contribution in [0, 0.1) is 11.8 Å². The van der Waals surface area contributed by atoms with E-state index in [2.05, 4.69) is 35.7 Å². The number of nitrogens with zero attached hydrogens (tertiary/aromatic N) is 1. The second-order valence-electron chi connectivity index (χ2n) is 11.5. The summed E-state index contributed by atoms with van der Waals surface area (Å²) in [5.41, 5.74) is 0.775. The first-order valence-corrected chi connectivity index (χ1v) is 13.3. The topological polar surface area (TPSA) is 94.2 Å². The highest BCUT2D eigenvalue weighted by molar-refractivity contribution is 5.90. The average molecular weight is 527 g/mol. The zero-order valence-corrected chi connectivity index (χ0v) is 23.7. The van der Waals surface area contributed by atoms with Crippen molar-refractivity contribution in [2.45, 2.75) is 77.2 Å². The minimum atomic E-state index is -0.851. The molecule has 0 saturated carbocycles. The summed E-state index contributed by atoms with van der Waals surface area (Å²) in [6, 6.07) is 8.46. The lowest BCUT2D eigenvalue weighted by molar-refractivity contribution is -0.151. The van der Waals surface area contributed by atoms with Gasteiger partial charge in [0.05, 0.1) is 19.3 Å². The van der Waals surface area contributed by atoms with Crippen LogP contribution in [0.3, 0.4) is 0 Å². The lowest BCUT2D eigenvalue weighted by Crippen LogP contribution is -2.53. The summed E-state index contributed by atoms with van der Waals surface area (Å²) in [6.07, 6.45) is 7.09. The first kappa shape index (κ1) is 29.4. The molecule has 4 atom stereocenters. The number of rotatable bonds is 8. The molecule has 8 nitrogen and oxygen atoms in total. The highest BCUT2D eigenvalue weighted by Crippen LogP contribution is 2.42. The Bertz CT molecular complexity index is 1060. The molecule has 38 heavy (non-hydrogen) atoms. The van der Waals surface area contributed by atoms with E-state index in [-0.39, 0.29) is 24.3 Å². The van der Waals surface area contributed by atoms with E-state index in [1.807, 2.05) is 32.0 Å². The van der Waals surface area contributed by atoms with Gasteiger partial charge in [-0.15, -0.1) is 0 Å². The number of alkyl carbamates (subject to hydrolysis) is 1. The molecule has 1 aromatic rings. The number of methoxy groups -OCH3 is 2. The number of ether oxygens (including phenoxy) is 3. The third kappa shape index (κ3) is 7.04. The van der Waals surface area contributed by atoms with Crippen molar-refractivity contribution in [2.24, 2.45) is 11.8 Å². The Morgan fingerprint density at radius 2 is 1.82 bits per heavy atom. The molecule has 208 valence electrons. The predicted octanol–water partition coefficient (Wildman–Crippen LogP) is 4.74. The van der Waals surface area contributed by atoms with Crippen molar-refractivity contribution in [1.29, 1.82) is 0 Å². The Morgan fingerprint density at radius 1 is 1.13 bits per heavy atom. The van der Waals surface area contributed by atoms with Gasteiger partial charge in [-0.3, -0.25) is 4.79 Å². The van der Waals surface area contributed by atoms with Gasteiger partial charge in [-0.2, -0.15) is 0 Å². The van der Waals surface area contributed by atoms with E-state index in [4.69, 9.17) is 14.2 Å². The average Bonchev–Trinajstić information content (AvgIpc) is 3.28. The summed E-state index contributed by atoms with van der Waals surface area (Å²) in [6.45, 7) is 9.45. The van der Waals surface area contributed by atoms with Crippen molar-refractivity contribution in [3.8, 4) is 0 Å². The van der Waals surface area contributed by atoms with Crippen LogP contribution in [0.1, 0.15) is 59.4 Å². The van der Waals surface area contributed by atoms with E-state index in [9.17, 15) is 14.4 Å². The lowest BCUT2D eigenvalue weighted by atomic mass is 9.79. The summed E-state index contributed by atoms with van der Waals surface area (Å²) in [7, 11) is 2.94. The minimum Gasteiger partial charge on any atom is -0.467 e. The number of carbonyl (C=O) groups excluding carboxylic acids is 3. The standard InChI is InChI=1S/C30H42N2O6/c1-20(2)17-24(31-28(35)38-29(3,4)5)26(33)32-19-30(37-7,18-25(32)27(34)36-6)23-15-13-22(14-16-23)21-11-9-8-10-12-21/h8-15,20,23-25H,16-19H2,1-7H3,(H,31,35)/t23?,24-,25-,30-/m0/s1. The second-order valence-corrected chi connectivity index (χ2v) is 11.5. The fourth-order valence-electron chi connectivity index (χ4n) is 5.24. The van der Waals surface area contributed by atoms with Crippen LogP contribution in [0.25, 0.3) is 5.57 Å². The SMILES string of the molecule is COC(=O)[C@@H]1C[C@@](OC)(C2C=CC(c3ccccc3)=CC2)CN1C(=O)[C@H](CC(C)C)NC(=O)OC(C)(C)C. The molecular weight excluding hydrogens is 484 g/mol. The van der Waals surface area contributed by atoms with E-state index >= 15 is 0 Å². The molecule has 8 heteroatoms. The lowest BCUT2D eigenvalue weighted by Gasteiger charge is -2.36. The maximum Gasteiger partial charge on any atom is 0.408 e. The highest BCUT2D eigenvalue weighted by Gasteiger charge is 2.54. The van der Waals surface area contributed by atoms with Crippen LogP contribution in [-0.4, -0.2) is 66.9 Å². The maximum absolute atomic E-state index is 13.9. The third-order valence-corrected chi connectivity index (χ3v) is 7.09. The molecule has 1 aliphatic carbocycles. The Hall–Kier alpha value is -3.13. The summed E-state index contributed by atoms with van der Waals surface area (Å²) < 4.78 is 16.6. The van der Waals surface area contributed by atoms with Crippen LogP contribution < -0.4 is 5.32 Å². The van der Waals surface area contributed by atoms with Crippen molar-refractivity contribution in [3.05, 3.63) is 54.1 Å². The molecule has 0 spiro atoms. The molecule has 1 aliphatic heterocycles. The second kappa shape index (κ2) is 12.2. The molecule has 1 saturated heterocycles. The number of esters is 1. The summed E-state index contributed by atoms with van der Waals surface area (Å²) in [5.74, 6) is -0.780. The summed E-state index contributed by atoms with van der Waals surface area (Å²) in [4.78, 5) is 40.9. The van der Waals surface area contributed by atoms with Gasteiger partial charge in [0.15, 0.2) is 0 Å². The molecule has 1 heterocycles. The van der Waals surface area contributed by atoms with Gasteiger partial charge in [0.25, 0.3) is 0 Å². The van der Waals surface area contributed by atoms with E-state index in [1.54, 1.807) is 27.9 Å². The van der Waals surface area contributed by atoms with Crippen LogP contribution >= 0.6 is 0 Å². The van der Waals surface area contributed by atoms with Gasteiger partial charge in [0, 0.05) is 19.4 Å². The molecule has 1 aromatic carbocycles. The molecular formula is C30H42N2O6. The fourth-order valence-corrected chi connectivity index (χ4v) is 5.24. The smallest absolute Gasteiger partial charge is 0.408 e. The normalized spacial score (nSPS) is 24.1. The van der Waals surface area contributed by atoms with Gasteiger partial charge in [-0.25, -0.2) is 9.59 Å². The van der Waals surface area contributed by atoms with E-state index in [1.165, 1.54) is 12.0 Å². The van der Waals surface area contributed by atoms with E-state index in [0.29, 0.717) is 19.3 Å². The Labute approximate surface area is 226 Å². The minimum absolute atomic E-state index is 0.0488. The number of amides is 2. The first-order chi connectivity index (χ1) is 17.9. The number of allylic oxidation sites excluding steroid dienone is 3. The number of carbonyl (C=O) groups is 3. The summed E-state index contributed by atoms with van der Waals surface area (Å²) >= 11 is 0. The predicted molar refractivity (Wildman–Crippen MR) is 146 cm³/mol. The van der Waals surface area contributed by atoms with Crippen molar-refractivity contribution < 1.29 is 28.6 Å². The highest BCUT2D eigenvalue weighted by atomic mass is 16.6. The van der Waals surface area contributed by atoms with Crippen molar-refractivity contribution in [3.63, 3.8) is 0 Å². The monoisotopic (exact) mass is 526 g/mol. The van der Waals surface area contributed by atoms with Gasteiger partial charge < -0.3 is 24.4 Å². The van der Waals surface area contributed by atoms with Crippen molar-refractivity contribution in [2.75, 3.05) is 20.8 Å². The Morgan fingerprint density at radius 3 is 2.34 bits per heavy atom. The molecule has 2 aliphatic rings. The van der Waals surface area contributed by atoms with E-state index in [0.717, 1.165) is 11.1 Å². The largest absolute Gasteiger partial charge is 0.467 e. The van der Waals surface area contributed by atoms with Crippen LogP contribution in [0.4, 0.5) is 4.79 Å². The molecule has 0 radical (unpaired) electrons. The van der Waals surface area contributed by atoms with Gasteiger partial charge in [-0.05, 0) is 50.7 Å². The van der Waals surface area contributed by atoms with Crippen LogP contribution in [-0.2, 0) is 23.8 Å².